The summed E-state index contributed by atoms with van der Waals surface area (Å²) in [5.74, 6) is 0.366. The Kier molecular flexibility index (Phi) is 4.57. The zero-order valence-corrected chi connectivity index (χ0v) is 13.4. The number of fused-ring (bicyclic) bond motifs is 1. The molecule has 0 aromatic heterocycles. The molecular weight excluding hydrogens is 333 g/mol. The van der Waals surface area contributed by atoms with Crippen LogP contribution >= 0.6 is 15.9 Å². The molecule has 3 rings (SSSR count). The van der Waals surface area contributed by atoms with Crippen molar-refractivity contribution in [2.24, 2.45) is 5.92 Å². The highest BCUT2D eigenvalue weighted by Crippen LogP contribution is 2.31. The van der Waals surface area contributed by atoms with Crippen molar-refractivity contribution in [1.82, 2.24) is 4.90 Å². The largest absolute Gasteiger partial charge is 0.388 e. The van der Waals surface area contributed by atoms with Crippen LogP contribution in [0, 0.1) is 11.7 Å². The van der Waals surface area contributed by atoms with Gasteiger partial charge in [0.1, 0.15) is 5.82 Å². The van der Waals surface area contributed by atoms with E-state index in [9.17, 15) is 9.50 Å². The Morgan fingerprint density at radius 2 is 2.29 bits per heavy atom. The maximum Gasteiger partial charge on any atom is 0.124 e. The van der Waals surface area contributed by atoms with E-state index in [1.807, 2.05) is 0 Å². The molecule has 1 heterocycles. The predicted molar refractivity (Wildman–Crippen MR) is 85.4 cm³/mol. The summed E-state index contributed by atoms with van der Waals surface area (Å²) in [6.45, 7) is 2.94. The van der Waals surface area contributed by atoms with Crippen LogP contribution in [0.2, 0.25) is 0 Å². The van der Waals surface area contributed by atoms with Gasteiger partial charge in [0, 0.05) is 24.1 Å². The Hall–Kier alpha value is -0.970. The second-order valence-electron chi connectivity index (χ2n) is 5.81. The zero-order chi connectivity index (χ0) is 14.8. The lowest BCUT2D eigenvalue weighted by atomic mass is 9.95. The average molecular weight is 352 g/mol. The SMILES string of the molecule is OC(CCN1CC2=CC=CCC2C1)c1ccc(F)cc1Br. The lowest BCUT2D eigenvalue weighted by Crippen LogP contribution is -2.23. The van der Waals surface area contributed by atoms with Crippen LogP contribution in [-0.2, 0) is 0 Å². The topological polar surface area (TPSA) is 23.5 Å². The van der Waals surface area contributed by atoms with Crippen LogP contribution in [0.25, 0.3) is 0 Å². The first-order valence-electron chi connectivity index (χ1n) is 7.34. The maximum absolute atomic E-state index is 13.1. The van der Waals surface area contributed by atoms with Gasteiger partial charge in [0.15, 0.2) is 0 Å². The zero-order valence-electron chi connectivity index (χ0n) is 11.8. The third-order valence-corrected chi connectivity index (χ3v) is 5.00. The molecule has 1 aromatic rings. The van der Waals surface area contributed by atoms with Gasteiger partial charge in [-0.15, -0.1) is 0 Å². The minimum atomic E-state index is -0.560. The Morgan fingerprint density at radius 3 is 3.05 bits per heavy atom. The molecule has 1 aliphatic heterocycles. The van der Waals surface area contributed by atoms with Crippen LogP contribution in [0.15, 0.2) is 46.5 Å². The predicted octanol–water partition coefficient (Wildman–Crippen LogP) is 3.83. The minimum Gasteiger partial charge on any atom is -0.388 e. The summed E-state index contributed by atoms with van der Waals surface area (Å²) < 4.78 is 13.7. The van der Waals surface area contributed by atoms with Gasteiger partial charge in [0.05, 0.1) is 6.10 Å². The quantitative estimate of drug-likeness (QED) is 0.890. The highest BCUT2D eigenvalue weighted by Gasteiger charge is 2.27. The molecule has 2 atom stereocenters. The summed E-state index contributed by atoms with van der Waals surface area (Å²) in [6.07, 6.45) is 7.82. The molecular formula is C17H19BrFNO. The van der Waals surface area contributed by atoms with Gasteiger partial charge in [-0.1, -0.05) is 45.8 Å². The fourth-order valence-corrected chi connectivity index (χ4v) is 3.75. The lowest BCUT2D eigenvalue weighted by Gasteiger charge is -2.19. The molecule has 0 saturated carbocycles. The van der Waals surface area contributed by atoms with Gasteiger partial charge in [-0.3, -0.25) is 4.90 Å². The molecule has 1 aliphatic carbocycles. The molecule has 1 N–H and O–H groups in total. The van der Waals surface area contributed by atoms with E-state index in [-0.39, 0.29) is 5.82 Å². The third-order valence-electron chi connectivity index (χ3n) is 4.32. The smallest absolute Gasteiger partial charge is 0.124 e. The van der Waals surface area contributed by atoms with E-state index < -0.39 is 6.10 Å². The minimum absolute atomic E-state index is 0.291. The van der Waals surface area contributed by atoms with Crippen molar-refractivity contribution in [2.75, 3.05) is 19.6 Å². The van der Waals surface area contributed by atoms with E-state index >= 15 is 0 Å². The number of hydrogen-bond donors (Lipinski definition) is 1. The molecule has 2 unspecified atom stereocenters. The summed E-state index contributed by atoms with van der Waals surface area (Å²) in [7, 11) is 0. The monoisotopic (exact) mass is 351 g/mol. The van der Waals surface area contributed by atoms with Crippen LogP contribution in [-0.4, -0.2) is 29.6 Å². The molecule has 1 saturated heterocycles. The van der Waals surface area contributed by atoms with Crippen molar-refractivity contribution in [3.63, 3.8) is 0 Å². The van der Waals surface area contributed by atoms with Crippen molar-refractivity contribution >= 4 is 15.9 Å². The number of allylic oxidation sites excluding steroid dienone is 3. The van der Waals surface area contributed by atoms with Crippen molar-refractivity contribution in [3.05, 3.63) is 57.9 Å². The Morgan fingerprint density at radius 1 is 1.43 bits per heavy atom. The second kappa shape index (κ2) is 6.42. The molecule has 1 fully saturated rings. The third kappa shape index (κ3) is 3.44. The molecule has 2 aliphatic rings. The number of aliphatic hydroxyl groups is 1. The highest BCUT2D eigenvalue weighted by atomic mass is 79.9. The molecule has 0 bridgehead atoms. The number of likely N-dealkylation sites (tertiary alicyclic amines) is 1. The van der Waals surface area contributed by atoms with Gasteiger partial charge in [0.2, 0.25) is 0 Å². The molecule has 0 spiro atoms. The number of rotatable bonds is 4. The first kappa shape index (κ1) is 14.9. The number of aliphatic hydroxyl groups excluding tert-OH is 1. The molecule has 4 heteroatoms. The Balaban J connectivity index is 1.56. The van der Waals surface area contributed by atoms with E-state index in [4.69, 9.17) is 0 Å². The van der Waals surface area contributed by atoms with E-state index in [1.165, 1.54) is 17.7 Å². The van der Waals surface area contributed by atoms with Crippen molar-refractivity contribution in [3.8, 4) is 0 Å². The normalized spacial score (nSPS) is 23.0. The summed E-state index contributed by atoms with van der Waals surface area (Å²) in [6, 6.07) is 4.45. The van der Waals surface area contributed by atoms with Gasteiger partial charge < -0.3 is 5.11 Å². The molecule has 0 amide bonds. The second-order valence-corrected chi connectivity index (χ2v) is 6.66. The van der Waals surface area contributed by atoms with E-state index in [0.29, 0.717) is 16.8 Å². The summed E-state index contributed by atoms with van der Waals surface area (Å²) in [4.78, 5) is 2.39. The number of halogens is 2. The summed E-state index contributed by atoms with van der Waals surface area (Å²) in [5, 5.41) is 10.3. The summed E-state index contributed by atoms with van der Waals surface area (Å²) in [5.41, 5.74) is 2.27. The fraction of sp³-hybridized carbons (Fsp3) is 0.412. The maximum atomic E-state index is 13.1. The van der Waals surface area contributed by atoms with Crippen LogP contribution in [0.3, 0.4) is 0 Å². The first-order chi connectivity index (χ1) is 10.1. The Bertz CT molecular complexity index is 584. The van der Waals surface area contributed by atoms with Gasteiger partial charge >= 0.3 is 0 Å². The Labute approximate surface area is 133 Å². The molecule has 0 radical (unpaired) electrons. The van der Waals surface area contributed by atoms with Gasteiger partial charge in [0.25, 0.3) is 0 Å². The lowest BCUT2D eigenvalue weighted by molar-refractivity contribution is 0.147. The van der Waals surface area contributed by atoms with Gasteiger partial charge in [-0.2, -0.15) is 0 Å². The number of benzene rings is 1. The van der Waals surface area contributed by atoms with Crippen molar-refractivity contribution < 1.29 is 9.50 Å². The molecule has 21 heavy (non-hydrogen) atoms. The molecule has 112 valence electrons. The molecule has 1 aromatic carbocycles. The summed E-state index contributed by atoms with van der Waals surface area (Å²) >= 11 is 3.32. The van der Waals surface area contributed by atoms with Gasteiger partial charge in [-0.25, -0.2) is 4.39 Å². The van der Waals surface area contributed by atoms with E-state index in [2.05, 4.69) is 39.1 Å². The van der Waals surface area contributed by atoms with E-state index in [0.717, 1.165) is 31.6 Å². The number of nitrogens with zero attached hydrogens (tertiary/aromatic N) is 1. The average Bonchev–Trinajstić information content (AvgIpc) is 2.87. The van der Waals surface area contributed by atoms with Crippen LogP contribution in [0.1, 0.15) is 24.5 Å². The first-order valence-corrected chi connectivity index (χ1v) is 8.14. The number of hydrogen-bond acceptors (Lipinski definition) is 2. The highest BCUT2D eigenvalue weighted by molar-refractivity contribution is 9.10. The van der Waals surface area contributed by atoms with Crippen LogP contribution < -0.4 is 0 Å². The van der Waals surface area contributed by atoms with E-state index in [1.54, 1.807) is 6.07 Å². The van der Waals surface area contributed by atoms with Crippen molar-refractivity contribution in [2.45, 2.75) is 18.9 Å². The van der Waals surface area contributed by atoms with Crippen molar-refractivity contribution in [1.29, 1.82) is 0 Å². The molecule has 2 nitrogen and oxygen atoms in total. The van der Waals surface area contributed by atoms with Crippen LogP contribution in [0.5, 0.6) is 0 Å². The standard InChI is InChI=1S/C17H19BrFNO/c18-16-9-14(19)5-6-15(16)17(21)7-8-20-10-12-3-1-2-4-13(12)11-20/h1-3,5-6,9,13,17,21H,4,7-8,10-11H2. The van der Waals surface area contributed by atoms with Crippen LogP contribution in [0.4, 0.5) is 4.39 Å². The van der Waals surface area contributed by atoms with Gasteiger partial charge in [-0.05, 0) is 36.5 Å². The fourth-order valence-electron chi connectivity index (χ4n) is 3.13.